The maximum absolute atomic E-state index is 3.69. The predicted octanol–water partition coefficient (Wildman–Crippen LogP) is 2.40. The lowest BCUT2D eigenvalue weighted by Gasteiger charge is -2.24. The van der Waals surface area contributed by atoms with Gasteiger partial charge >= 0.3 is 0 Å². The highest BCUT2D eigenvalue weighted by Crippen LogP contribution is 2.51. The van der Waals surface area contributed by atoms with Crippen molar-refractivity contribution < 1.29 is 0 Å². The van der Waals surface area contributed by atoms with E-state index in [-0.39, 0.29) is 0 Å². The summed E-state index contributed by atoms with van der Waals surface area (Å²) in [6.45, 7) is 9.71. The third kappa shape index (κ3) is 3.21. The van der Waals surface area contributed by atoms with E-state index in [1.807, 2.05) is 0 Å². The van der Waals surface area contributed by atoms with Gasteiger partial charge in [0.25, 0.3) is 0 Å². The molecule has 0 aromatic heterocycles. The van der Waals surface area contributed by atoms with Gasteiger partial charge in [-0.15, -0.1) is 0 Å². The minimum absolute atomic E-state index is 0.671. The van der Waals surface area contributed by atoms with Crippen molar-refractivity contribution in [2.24, 2.45) is 17.3 Å². The van der Waals surface area contributed by atoms with Gasteiger partial charge < -0.3 is 10.6 Å². The van der Waals surface area contributed by atoms with Gasteiger partial charge in [-0.1, -0.05) is 13.8 Å². The first kappa shape index (κ1) is 12.4. The molecule has 1 saturated carbocycles. The number of rotatable bonds is 6. The Kier molecular flexibility index (Phi) is 4.26. The van der Waals surface area contributed by atoms with Crippen LogP contribution in [-0.2, 0) is 0 Å². The fraction of sp³-hybridized carbons (Fsp3) is 1.00. The molecular weight excluding hydrogens is 196 g/mol. The fourth-order valence-electron chi connectivity index (χ4n) is 2.93. The first-order valence-electron chi connectivity index (χ1n) is 7.14. The zero-order valence-electron chi connectivity index (χ0n) is 11.0. The minimum atomic E-state index is 0.671. The van der Waals surface area contributed by atoms with Crippen molar-refractivity contribution in [1.82, 2.24) is 10.6 Å². The van der Waals surface area contributed by atoms with Gasteiger partial charge in [0, 0.05) is 6.54 Å². The first-order chi connectivity index (χ1) is 7.73. The van der Waals surface area contributed by atoms with Crippen molar-refractivity contribution in [2.75, 3.05) is 26.2 Å². The number of hydrogen-bond donors (Lipinski definition) is 2. The van der Waals surface area contributed by atoms with E-state index >= 15 is 0 Å². The molecule has 2 N–H and O–H groups in total. The molecule has 94 valence electrons. The third-order valence-electron chi connectivity index (χ3n) is 4.72. The zero-order chi connectivity index (χ0) is 11.4. The summed E-state index contributed by atoms with van der Waals surface area (Å²) in [6, 6.07) is 0. The Morgan fingerprint density at radius 3 is 2.75 bits per heavy atom. The molecule has 2 rings (SSSR count). The van der Waals surface area contributed by atoms with Crippen LogP contribution in [0, 0.1) is 17.3 Å². The Hall–Kier alpha value is -0.0800. The average molecular weight is 224 g/mol. The van der Waals surface area contributed by atoms with E-state index in [9.17, 15) is 0 Å². The van der Waals surface area contributed by atoms with Crippen LogP contribution in [0.2, 0.25) is 0 Å². The first-order valence-corrected chi connectivity index (χ1v) is 7.14. The van der Waals surface area contributed by atoms with Crippen LogP contribution in [0.25, 0.3) is 0 Å². The fourth-order valence-corrected chi connectivity index (χ4v) is 2.93. The van der Waals surface area contributed by atoms with Crippen molar-refractivity contribution in [3.05, 3.63) is 0 Å². The van der Waals surface area contributed by atoms with Crippen LogP contribution in [0.15, 0.2) is 0 Å². The largest absolute Gasteiger partial charge is 0.316 e. The van der Waals surface area contributed by atoms with E-state index in [1.54, 1.807) is 0 Å². The molecule has 1 saturated heterocycles. The Morgan fingerprint density at radius 2 is 2.19 bits per heavy atom. The van der Waals surface area contributed by atoms with E-state index < -0.39 is 0 Å². The van der Waals surface area contributed by atoms with Crippen molar-refractivity contribution in [3.8, 4) is 0 Å². The quantitative estimate of drug-likeness (QED) is 0.677. The van der Waals surface area contributed by atoms with Crippen LogP contribution >= 0.6 is 0 Å². The van der Waals surface area contributed by atoms with Crippen molar-refractivity contribution in [3.63, 3.8) is 0 Å². The van der Waals surface area contributed by atoms with Gasteiger partial charge in [-0.25, -0.2) is 0 Å². The highest BCUT2D eigenvalue weighted by atomic mass is 14.9. The monoisotopic (exact) mass is 224 g/mol. The molecular formula is C14H28N2. The lowest BCUT2D eigenvalue weighted by molar-refractivity contribution is 0.316. The second kappa shape index (κ2) is 5.50. The molecule has 2 nitrogen and oxygen atoms in total. The van der Waals surface area contributed by atoms with E-state index in [4.69, 9.17) is 0 Å². The van der Waals surface area contributed by atoms with Gasteiger partial charge in [-0.3, -0.25) is 0 Å². The van der Waals surface area contributed by atoms with Crippen molar-refractivity contribution >= 4 is 0 Å². The Bertz CT molecular complexity index is 203. The van der Waals surface area contributed by atoms with Crippen LogP contribution in [0.5, 0.6) is 0 Å². The summed E-state index contributed by atoms with van der Waals surface area (Å²) in [4.78, 5) is 0. The Labute approximate surface area is 101 Å². The van der Waals surface area contributed by atoms with Gasteiger partial charge in [-0.05, 0) is 69.0 Å². The van der Waals surface area contributed by atoms with Crippen LogP contribution in [0.4, 0.5) is 0 Å². The summed E-state index contributed by atoms with van der Waals surface area (Å²) in [5.74, 6) is 1.78. The maximum atomic E-state index is 3.69. The number of nitrogens with one attached hydrogen (secondary N) is 2. The van der Waals surface area contributed by atoms with Crippen LogP contribution in [0.1, 0.15) is 46.0 Å². The zero-order valence-corrected chi connectivity index (χ0v) is 11.0. The van der Waals surface area contributed by atoms with E-state index in [1.165, 1.54) is 58.3 Å². The molecule has 1 atom stereocenters. The van der Waals surface area contributed by atoms with E-state index in [0.29, 0.717) is 5.41 Å². The average Bonchev–Trinajstić information content (AvgIpc) is 3.07. The highest BCUT2D eigenvalue weighted by Gasteiger charge is 2.44. The lowest BCUT2D eigenvalue weighted by atomic mass is 9.92. The van der Waals surface area contributed by atoms with Gasteiger partial charge in [0.1, 0.15) is 0 Å². The van der Waals surface area contributed by atoms with Crippen LogP contribution in [0.3, 0.4) is 0 Å². The molecule has 0 radical (unpaired) electrons. The third-order valence-corrected chi connectivity index (χ3v) is 4.72. The molecule has 2 heteroatoms. The number of hydrogen-bond acceptors (Lipinski definition) is 2. The predicted molar refractivity (Wildman–Crippen MR) is 69.6 cm³/mol. The Balaban J connectivity index is 1.55. The molecule has 1 aliphatic heterocycles. The lowest BCUT2D eigenvalue weighted by Crippen LogP contribution is -2.33. The summed E-state index contributed by atoms with van der Waals surface area (Å²) >= 11 is 0. The summed E-state index contributed by atoms with van der Waals surface area (Å²) in [5, 5.41) is 7.18. The molecule has 0 spiro atoms. The maximum Gasteiger partial charge on any atom is 0.00103 e. The molecule has 0 aromatic carbocycles. The van der Waals surface area contributed by atoms with Gasteiger partial charge in [0.2, 0.25) is 0 Å². The summed E-state index contributed by atoms with van der Waals surface area (Å²) in [5.41, 5.74) is 0.671. The second-order valence-corrected chi connectivity index (χ2v) is 6.19. The molecule has 0 bridgehead atoms. The van der Waals surface area contributed by atoms with Crippen molar-refractivity contribution in [2.45, 2.75) is 46.0 Å². The minimum Gasteiger partial charge on any atom is -0.316 e. The molecule has 0 aromatic rings. The summed E-state index contributed by atoms with van der Waals surface area (Å²) < 4.78 is 0. The Morgan fingerprint density at radius 1 is 1.38 bits per heavy atom. The summed E-state index contributed by atoms with van der Waals surface area (Å²) in [7, 11) is 0. The van der Waals surface area contributed by atoms with E-state index in [0.717, 1.165) is 11.8 Å². The smallest absolute Gasteiger partial charge is 0.00103 e. The molecule has 2 fully saturated rings. The molecule has 2 aliphatic rings. The van der Waals surface area contributed by atoms with E-state index in [2.05, 4.69) is 24.5 Å². The molecule has 16 heavy (non-hydrogen) atoms. The van der Waals surface area contributed by atoms with Gasteiger partial charge in [0.15, 0.2) is 0 Å². The van der Waals surface area contributed by atoms with Crippen LogP contribution < -0.4 is 10.6 Å². The number of piperidine rings is 1. The second-order valence-electron chi connectivity index (χ2n) is 6.19. The van der Waals surface area contributed by atoms with Gasteiger partial charge in [0.05, 0.1) is 0 Å². The van der Waals surface area contributed by atoms with Crippen LogP contribution in [-0.4, -0.2) is 26.2 Å². The van der Waals surface area contributed by atoms with Gasteiger partial charge in [-0.2, -0.15) is 0 Å². The molecule has 1 aliphatic carbocycles. The molecule has 1 unspecified atom stereocenters. The topological polar surface area (TPSA) is 24.1 Å². The standard InChI is InChI=1S/C14H28N2/c1-12(2)14(6-7-14)11-16-9-5-13-4-3-8-15-10-13/h12-13,15-16H,3-11H2,1-2H3. The van der Waals surface area contributed by atoms with Crippen molar-refractivity contribution in [1.29, 1.82) is 0 Å². The highest BCUT2D eigenvalue weighted by molar-refractivity contribution is 4.97. The molecule has 1 heterocycles. The normalized spacial score (nSPS) is 28.3. The molecule has 0 amide bonds. The SMILES string of the molecule is CC(C)C1(CNCCC2CCCNC2)CC1. The summed E-state index contributed by atoms with van der Waals surface area (Å²) in [6.07, 6.45) is 7.07.